The number of anilines is 1. The molecule has 2 aromatic rings. The lowest BCUT2D eigenvalue weighted by atomic mass is 10.1. The number of hydrogen-bond donors (Lipinski definition) is 2. The second kappa shape index (κ2) is 9.76. The first-order valence-electron chi connectivity index (χ1n) is 10.2. The van der Waals surface area contributed by atoms with E-state index in [4.69, 9.17) is 4.74 Å². The molecule has 2 aromatic carbocycles. The second-order valence-electron chi connectivity index (χ2n) is 7.85. The van der Waals surface area contributed by atoms with Crippen molar-refractivity contribution < 1.29 is 14.7 Å². The highest BCUT2D eigenvalue weighted by Gasteiger charge is 2.23. The third kappa shape index (κ3) is 5.60. The number of aryl methyl sites for hydroxylation is 2. The minimum atomic E-state index is -0.459. The molecule has 150 valence electrons. The first-order chi connectivity index (χ1) is 13.5. The number of nitrogens with zero attached hydrogens (tertiary/aromatic N) is 1. The van der Waals surface area contributed by atoms with Crippen molar-refractivity contribution in [2.24, 2.45) is 0 Å². The monoisotopic (exact) mass is 381 g/mol. The SMILES string of the molecule is C=CCc1cc(C)ccc1OC[C@@H](O)C[NH+]1CCN(c2ccc(C)cc2)CC1. The minimum absolute atomic E-state index is 0.332. The van der Waals surface area contributed by atoms with Gasteiger partial charge in [0.15, 0.2) is 0 Å². The molecule has 4 heteroatoms. The summed E-state index contributed by atoms with van der Waals surface area (Å²) in [4.78, 5) is 3.87. The van der Waals surface area contributed by atoms with E-state index in [2.05, 4.69) is 55.7 Å². The summed E-state index contributed by atoms with van der Waals surface area (Å²) >= 11 is 0. The Kier molecular flexibility index (Phi) is 7.12. The Morgan fingerprint density at radius 3 is 2.46 bits per heavy atom. The Balaban J connectivity index is 1.45. The molecule has 28 heavy (non-hydrogen) atoms. The number of hydrogen-bond acceptors (Lipinski definition) is 3. The van der Waals surface area contributed by atoms with E-state index in [1.54, 1.807) is 0 Å². The van der Waals surface area contributed by atoms with E-state index in [1.165, 1.54) is 21.7 Å². The predicted octanol–water partition coefficient (Wildman–Crippen LogP) is 2.18. The number of aliphatic hydroxyl groups excluding tert-OH is 1. The van der Waals surface area contributed by atoms with Gasteiger partial charge in [0, 0.05) is 5.69 Å². The molecule has 1 saturated heterocycles. The van der Waals surface area contributed by atoms with E-state index < -0.39 is 6.10 Å². The largest absolute Gasteiger partial charge is 0.490 e. The number of benzene rings is 2. The highest BCUT2D eigenvalue weighted by molar-refractivity contribution is 5.47. The summed E-state index contributed by atoms with van der Waals surface area (Å²) in [6.07, 6.45) is 2.20. The Morgan fingerprint density at radius 2 is 1.79 bits per heavy atom. The molecule has 1 aliphatic rings. The van der Waals surface area contributed by atoms with Crippen LogP contribution in [0.3, 0.4) is 0 Å². The molecule has 0 aliphatic carbocycles. The minimum Gasteiger partial charge on any atom is -0.490 e. The molecule has 2 N–H and O–H groups in total. The van der Waals surface area contributed by atoms with Crippen molar-refractivity contribution in [2.75, 3.05) is 44.2 Å². The summed E-state index contributed by atoms with van der Waals surface area (Å²) in [5.41, 5.74) is 4.92. The van der Waals surface area contributed by atoms with Crippen LogP contribution in [0.4, 0.5) is 5.69 Å². The lowest BCUT2D eigenvalue weighted by Gasteiger charge is -2.34. The predicted molar refractivity (Wildman–Crippen MR) is 116 cm³/mol. The fourth-order valence-electron chi connectivity index (χ4n) is 3.78. The normalized spacial score (nSPS) is 16.0. The molecule has 0 saturated carbocycles. The summed E-state index contributed by atoms with van der Waals surface area (Å²) in [7, 11) is 0. The average Bonchev–Trinajstić information content (AvgIpc) is 2.69. The third-order valence-electron chi connectivity index (χ3n) is 5.41. The van der Waals surface area contributed by atoms with Crippen LogP contribution < -0.4 is 14.5 Å². The Labute approximate surface area is 169 Å². The van der Waals surface area contributed by atoms with Crippen molar-refractivity contribution in [3.05, 3.63) is 71.8 Å². The van der Waals surface area contributed by atoms with Crippen molar-refractivity contribution in [2.45, 2.75) is 26.4 Å². The van der Waals surface area contributed by atoms with Crippen molar-refractivity contribution >= 4 is 5.69 Å². The number of rotatable bonds is 8. The van der Waals surface area contributed by atoms with E-state index in [0.29, 0.717) is 6.61 Å². The van der Waals surface area contributed by atoms with E-state index in [9.17, 15) is 5.11 Å². The first kappa shape index (κ1) is 20.4. The lowest BCUT2D eigenvalue weighted by molar-refractivity contribution is -0.903. The summed E-state index contributed by atoms with van der Waals surface area (Å²) in [5, 5.41) is 10.5. The summed E-state index contributed by atoms with van der Waals surface area (Å²) in [6, 6.07) is 14.9. The molecule has 1 heterocycles. The molecule has 0 amide bonds. The van der Waals surface area contributed by atoms with Crippen LogP contribution in [0.25, 0.3) is 0 Å². The maximum absolute atomic E-state index is 10.5. The molecule has 0 bridgehead atoms. The molecule has 0 spiro atoms. The number of allylic oxidation sites excluding steroid dienone is 1. The summed E-state index contributed by atoms with van der Waals surface area (Å²) < 4.78 is 5.93. The van der Waals surface area contributed by atoms with E-state index in [0.717, 1.165) is 50.5 Å². The highest BCUT2D eigenvalue weighted by Crippen LogP contribution is 2.21. The van der Waals surface area contributed by atoms with E-state index in [1.807, 2.05) is 18.2 Å². The van der Waals surface area contributed by atoms with Crippen LogP contribution in [0, 0.1) is 13.8 Å². The zero-order chi connectivity index (χ0) is 19.9. The van der Waals surface area contributed by atoms with Gasteiger partial charge in [0.2, 0.25) is 0 Å². The van der Waals surface area contributed by atoms with Gasteiger partial charge in [-0.05, 0) is 44.0 Å². The Hall–Kier alpha value is -2.30. The molecule has 3 rings (SSSR count). The van der Waals surface area contributed by atoms with Gasteiger partial charge in [-0.3, -0.25) is 0 Å². The molecular weight excluding hydrogens is 348 g/mol. The molecule has 0 aromatic heterocycles. The topological polar surface area (TPSA) is 37.1 Å². The van der Waals surface area contributed by atoms with Crippen molar-refractivity contribution in [3.8, 4) is 5.75 Å². The van der Waals surface area contributed by atoms with E-state index >= 15 is 0 Å². The molecular formula is C24H33N2O2+. The molecule has 1 atom stereocenters. The van der Waals surface area contributed by atoms with Crippen molar-refractivity contribution in [1.29, 1.82) is 0 Å². The number of aliphatic hydroxyl groups is 1. The highest BCUT2D eigenvalue weighted by atomic mass is 16.5. The van der Waals surface area contributed by atoms with Gasteiger partial charge in [0.25, 0.3) is 0 Å². The van der Waals surface area contributed by atoms with Gasteiger partial charge in [-0.1, -0.05) is 41.5 Å². The van der Waals surface area contributed by atoms with Crippen LogP contribution in [0.15, 0.2) is 55.1 Å². The number of ether oxygens (including phenoxy) is 1. The summed E-state index contributed by atoms with van der Waals surface area (Å²) in [6.45, 7) is 13.2. The lowest BCUT2D eigenvalue weighted by Crippen LogP contribution is -3.16. The van der Waals surface area contributed by atoms with Gasteiger partial charge in [0.1, 0.15) is 25.0 Å². The van der Waals surface area contributed by atoms with Gasteiger partial charge in [-0.15, -0.1) is 6.58 Å². The maximum atomic E-state index is 10.5. The van der Waals surface area contributed by atoms with Crippen LogP contribution in [0.1, 0.15) is 16.7 Å². The maximum Gasteiger partial charge on any atom is 0.137 e. The van der Waals surface area contributed by atoms with Gasteiger partial charge >= 0.3 is 0 Å². The van der Waals surface area contributed by atoms with Gasteiger partial charge in [0.05, 0.1) is 26.2 Å². The average molecular weight is 382 g/mol. The van der Waals surface area contributed by atoms with Gasteiger partial charge in [-0.25, -0.2) is 0 Å². The molecule has 1 fully saturated rings. The molecule has 0 unspecified atom stereocenters. The molecule has 1 aliphatic heterocycles. The van der Waals surface area contributed by atoms with E-state index in [-0.39, 0.29) is 0 Å². The smallest absolute Gasteiger partial charge is 0.137 e. The molecule has 0 radical (unpaired) electrons. The third-order valence-corrected chi connectivity index (χ3v) is 5.41. The fourth-order valence-corrected chi connectivity index (χ4v) is 3.78. The standard InChI is InChI=1S/C24H32N2O2/c1-4-5-21-16-20(3)8-11-24(21)28-18-23(27)17-25-12-14-26(15-13-25)22-9-6-19(2)7-10-22/h4,6-11,16,23,27H,1,5,12-15,17-18H2,2-3H3/p+1/t23-/m0/s1. The zero-order valence-electron chi connectivity index (χ0n) is 17.2. The fraction of sp³-hybridized carbons (Fsp3) is 0.417. The Morgan fingerprint density at radius 1 is 1.11 bits per heavy atom. The number of piperazine rings is 1. The molecule has 4 nitrogen and oxygen atoms in total. The van der Waals surface area contributed by atoms with Crippen LogP contribution in [-0.4, -0.2) is 50.5 Å². The van der Waals surface area contributed by atoms with Crippen LogP contribution in [0.2, 0.25) is 0 Å². The van der Waals surface area contributed by atoms with Crippen molar-refractivity contribution in [3.63, 3.8) is 0 Å². The summed E-state index contributed by atoms with van der Waals surface area (Å²) in [5.74, 6) is 0.851. The van der Waals surface area contributed by atoms with Crippen LogP contribution in [-0.2, 0) is 6.42 Å². The number of quaternary nitrogens is 1. The Bertz CT molecular complexity index is 765. The number of nitrogens with one attached hydrogen (secondary N) is 1. The second-order valence-corrected chi connectivity index (χ2v) is 7.85. The van der Waals surface area contributed by atoms with Gasteiger partial charge in [-0.2, -0.15) is 0 Å². The zero-order valence-corrected chi connectivity index (χ0v) is 17.2. The quantitative estimate of drug-likeness (QED) is 0.689. The van der Waals surface area contributed by atoms with Gasteiger partial charge < -0.3 is 19.6 Å². The van der Waals surface area contributed by atoms with Crippen LogP contribution in [0.5, 0.6) is 5.75 Å². The van der Waals surface area contributed by atoms with Crippen molar-refractivity contribution in [1.82, 2.24) is 0 Å². The van der Waals surface area contributed by atoms with Crippen LogP contribution >= 0.6 is 0 Å². The first-order valence-corrected chi connectivity index (χ1v) is 10.2.